The van der Waals surface area contributed by atoms with Gasteiger partial charge in [0.25, 0.3) is 5.95 Å². The first kappa shape index (κ1) is 11.9. The molecule has 0 radical (unpaired) electrons. The molecule has 5 heteroatoms. The zero-order valence-electron chi connectivity index (χ0n) is 11.0. The summed E-state index contributed by atoms with van der Waals surface area (Å²) in [6.07, 6.45) is 2.35. The van der Waals surface area contributed by atoms with Crippen LogP contribution in [0.15, 0.2) is 29.3 Å². The zero-order chi connectivity index (χ0) is 13.2. The molecule has 19 heavy (non-hydrogen) atoms. The topological polar surface area (TPSA) is 67.4 Å². The van der Waals surface area contributed by atoms with Gasteiger partial charge in [-0.05, 0) is 25.8 Å². The molecule has 2 heterocycles. The summed E-state index contributed by atoms with van der Waals surface area (Å²) in [6.45, 7) is 3.92. The number of likely N-dealkylation sites (tertiary alicyclic amines) is 1. The number of aromatic nitrogens is 2. The van der Waals surface area contributed by atoms with Crippen molar-refractivity contribution in [3.63, 3.8) is 0 Å². The van der Waals surface area contributed by atoms with E-state index in [4.69, 9.17) is 5.73 Å². The third-order valence-electron chi connectivity index (χ3n) is 3.43. The Balaban J connectivity index is 1.98. The maximum Gasteiger partial charge on any atom is 0.253 e. The van der Waals surface area contributed by atoms with Crippen LogP contribution < -0.4 is 5.73 Å². The Morgan fingerprint density at radius 3 is 2.74 bits per heavy atom. The molecule has 0 spiro atoms. The molecular formula is C14H17N5. The average molecular weight is 255 g/mol. The highest BCUT2D eigenvalue weighted by atomic mass is 15.3. The fourth-order valence-electron chi connectivity index (χ4n) is 2.39. The number of fused-ring (bicyclic) bond motifs is 1. The molecule has 1 fully saturated rings. The van der Waals surface area contributed by atoms with E-state index in [9.17, 15) is 0 Å². The molecule has 1 aromatic carbocycles. The first-order valence-corrected chi connectivity index (χ1v) is 6.56. The molecule has 0 aliphatic carbocycles. The van der Waals surface area contributed by atoms with Crippen molar-refractivity contribution in [2.45, 2.75) is 19.8 Å². The standard InChI is InChI=1S/C14H17N5/c1-10-11-6-2-3-7-12(11)17-14(16-10)18-13(15)19-8-4-5-9-19/h2-3,6-7H,4-5,8-9H2,1H3,(H2,15,16,17,18). The Kier molecular flexibility index (Phi) is 3.03. The van der Waals surface area contributed by atoms with Gasteiger partial charge in [-0.25, -0.2) is 9.97 Å². The van der Waals surface area contributed by atoms with E-state index in [0.717, 1.165) is 29.7 Å². The normalized spacial score (nSPS) is 16.3. The molecule has 0 atom stereocenters. The third-order valence-corrected chi connectivity index (χ3v) is 3.43. The predicted octanol–water partition coefficient (Wildman–Crippen LogP) is 1.98. The van der Waals surface area contributed by atoms with Gasteiger partial charge in [-0.15, -0.1) is 0 Å². The largest absolute Gasteiger partial charge is 0.369 e. The van der Waals surface area contributed by atoms with Gasteiger partial charge in [0.15, 0.2) is 5.96 Å². The van der Waals surface area contributed by atoms with Crippen LogP contribution in [0, 0.1) is 6.92 Å². The van der Waals surface area contributed by atoms with E-state index in [1.807, 2.05) is 31.2 Å². The van der Waals surface area contributed by atoms with Gasteiger partial charge >= 0.3 is 0 Å². The van der Waals surface area contributed by atoms with Crippen LogP contribution >= 0.6 is 0 Å². The van der Waals surface area contributed by atoms with Crippen molar-refractivity contribution in [2.75, 3.05) is 13.1 Å². The van der Waals surface area contributed by atoms with Gasteiger partial charge in [-0.3, -0.25) is 0 Å². The van der Waals surface area contributed by atoms with E-state index < -0.39 is 0 Å². The molecule has 0 amide bonds. The predicted molar refractivity (Wildman–Crippen MR) is 76.4 cm³/mol. The summed E-state index contributed by atoms with van der Waals surface area (Å²) < 4.78 is 0. The van der Waals surface area contributed by atoms with Crippen molar-refractivity contribution >= 4 is 22.8 Å². The van der Waals surface area contributed by atoms with Crippen LogP contribution in [0.2, 0.25) is 0 Å². The zero-order valence-corrected chi connectivity index (χ0v) is 11.0. The number of hydrogen-bond acceptors (Lipinski definition) is 3. The first-order valence-electron chi connectivity index (χ1n) is 6.56. The van der Waals surface area contributed by atoms with Crippen molar-refractivity contribution in [3.8, 4) is 0 Å². The molecular weight excluding hydrogens is 238 g/mol. The number of para-hydroxylation sites is 1. The second-order valence-electron chi connectivity index (χ2n) is 4.79. The molecule has 98 valence electrons. The van der Waals surface area contributed by atoms with E-state index in [1.165, 1.54) is 12.8 Å². The minimum absolute atomic E-state index is 0.445. The SMILES string of the molecule is Cc1nc(N=C(N)N2CCCC2)nc2ccccc12. The molecule has 1 aromatic heterocycles. The number of rotatable bonds is 1. The number of aryl methyl sites for hydroxylation is 1. The highest BCUT2D eigenvalue weighted by Gasteiger charge is 2.14. The summed E-state index contributed by atoms with van der Waals surface area (Å²) in [5.74, 6) is 0.966. The Morgan fingerprint density at radius 2 is 1.95 bits per heavy atom. The Labute approximate surface area is 112 Å². The van der Waals surface area contributed by atoms with Gasteiger partial charge in [0.1, 0.15) is 0 Å². The maximum atomic E-state index is 6.00. The quantitative estimate of drug-likeness (QED) is 0.625. The van der Waals surface area contributed by atoms with E-state index in [-0.39, 0.29) is 0 Å². The number of guanidine groups is 1. The molecule has 1 saturated heterocycles. The third kappa shape index (κ3) is 2.36. The van der Waals surface area contributed by atoms with E-state index in [1.54, 1.807) is 0 Å². The summed E-state index contributed by atoms with van der Waals surface area (Å²) in [4.78, 5) is 15.3. The van der Waals surface area contributed by atoms with Gasteiger partial charge in [0.2, 0.25) is 0 Å². The minimum atomic E-state index is 0.445. The lowest BCUT2D eigenvalue weighted by Gasteiger charge is -2.15. The van der Waals surface area contributed by atoms with Crippen molar-refractivity contribution in [2.24, 2.45) is 10.7 Å². The lowest BCUT2D eigenvalue weighted by atomic mass is 10.2. The van der Waals surface area contributed by atoms with E-state index >= 15 is 0 Å². The fraction of sp³-hybridized carbons (Fsp3) is 0.357. The number of nitrogens with zero attached hydrogens (tertiary/aromatic N) is 4. The smallest absolute Gasteiger partial charge is 0.253 e. The molecule has 1 aliphatic rings. The summed E-state index contributed by atoms with van der Waals surface area (Å²) >= 11 is 0. The van der Waals surface area contributed by atoms with Gasteiger partial charge in [0.05, 0.1) is 11.2 Å². The molecule has 5 nitrogen and oxygen atoms in total. The molecule has 0 saturated carbocycles. The van der Waals surface area contributed by atoms with Crippen molar-refractivity contribution in [3.05, 3.63) is 30.0 Å². The van der Waals surface area contributed by atoms with Gasteiger partial charge < -0.3 is 10.6 Å². The van der Waals surface area contributed by atoms with Crippen LogP contribution in [-0.2, 0) is 0 Å². The minimum Gasteiger partial charge on any atom is -0.369 e. The Morgan fingerprint density at radius 1 is 1.21 bits per heavy atom. The summed E-state index contributed by atoms with van der Waals surface area (Å²) in [6, 6.07) is 7.93. The lowest BCUT2D eigenvalue weighted by Crippen LogP contribution is -2.34. The van der Waals surface area contributed by atoms with Gasteiger partial charge in [0, 0.05) is 18.5 Å². The molecule has 0 bridgehead atoms. The molecule has 3 rings (SSSR count). The molecule has 0 unspecified atom stereocenters. The van der Waals surface area contributed by atoms with Crippen molar-refractivity contribution < 1.29 is 0 Å². The highest BCUT2D eigenvalue weighted by Crippen LogP contribution is 2.18. The lowest BCUT2D eigenvalue weighted by molar-refractivity contribution is 0.513. The van der Waals surface area contributed by atoms with Crippen LogP contribution in [0.4, 0.5) is 5.95 Å². The van der Waals surface area contributed by atoms with Crippen molar-refractivity contribution in [1.29, 1.82) is 0 Å². The molecule has 2 N–H and O–H groups in total. The summed E-state index contributed by atoms with van der Waals surface area (Å²) in [5, 5.41) is 1.06. The van der Waals surface area contributed by atoms with Crippen LogP contribution in [0.5, 0.6) is 0 Å². The van der Waals surface area contributed by atoms with Crippen LogP contribution in [0.1, 0.15) is 18.5 Å². The van der Waals surface area contributed by atoms with E-state index in [0.29, 0.717) is 11.9 Å². The summed E-state index contributed by atoms with van der Waals surface area (Å²) in [5.41, 5.74) is 7.84. The molecule has 2 aromatic rings. The van der Waals surface area contributed by atoms with Crippen LogP contribution in [0.25, 0.3) is 10.9 Å². The fourth-order valence-corrected chi connectivity index (χ4v) is 2.39. The number of hydrogen-bond donors (Lipinski definition) is 1. The number of aliphatic imine (C=N–C) groups is 1. The first-order chi connectivity index (χ1) is 9.24. The monoisotopic (exact) mass is 255 g/mol. The van der Waals surface area contributed by atoms with Crippen LogP contribution in [0.3, 0.4) is 0 Å². The second-order valence-corrected chi connectivity index (χ2v) is 4.79. The maximum absolute atomic E-state index is 6.00. The number of nitrogens with two attached hydrogens (primary N) is 1. The highest BCUT2D eigenvalue weighted by molar-refractivity contribution is 5.83. The number of benzene rings is 1. The van der Waals surface area contributed by atoms with Crippen molar-refractivity contribution in [1.82, 2.24) is 14.9 Å². The molecule has 1 aliphatic heterocycles. The Hall–Kier alpha value is -2.17. The van der Waals surface area contributed by atoms with Crippen LogP contribution in [-0.4, -0.2) is 33.9 Å². The second kappa shape index (κ2) is 4.84. The Bertz CT molecular complexity index is 629. The van der Waals surface area contributed by atoms with Gasteiger partial charge in [-0.1, -0.05) is 18.2 Å². The average Bonchev–Trinajstić information content (AvgIpc) is 2.93. The van der Waals surface area contributed by atoms with E-state index in [2.05, 4.69) is 19.9 Å². The van der Waals surface area contributed by atoms with Gasteiger partial charge in [-0.2, -0.15) is 4.99 Å². The summed E-state index contributed by atoms with van der Waals surface area (Å²) in [7, 11) is 0.